The van der Waals surface area contributed by atoms with E-state index in [0.717, 1.165) is 38.1 Å². The van der Waals surface area contributed by atoms with Crippen molar-refractivity contribution >= 4 is 5.82 Å². The lowest BCUT2D eigenvalue weighted by Crippen LogP contribution is -2.42. The minimum Gasteiger partial charge on any atom is -0.356 e. The number of rotatable bonds is 2. The average Bonchev–Trinajstić information content (AvgIpc) is 2.38. The van der Waals surface area contributed by atoms with E-state index in [4.69, 9.17) is 0 Å². The fraction of sp³-hybridized carbons (Fsp3) is 0.615. The topological polar surface area (TPSA) is 19.4 Å². The summed E-state index contributed by atoms with van der Waals surface area (Å²) in [5.74, 6) is 0.423. The first-order chi connectivity index (χ1) is 8.88. The van der Waals surface area contributed by atoms with Crippen LogP contribution in [0.25, 0.3) is 0 Å². The molecule has 0 saturated carbocycles. The van der Waals surface area contributed by atoms with E-state index in [1.165, 1.54) is 6.20 Å². The summed E-state index contributed by atoms with van der Waals surface area (Å²) in [6.45, 7) is 1.49. The molecule has 0 N–H and O–H groups in total. The number of piperidine rings is 1. The molecule has 1 aliphatic rings. The number of hydrogen-bond donors (Lipinski definition) is 0. The molecular formula is C13H18F3N3. The summed E-state index contributed by atoms with van der Waals surface area (Å²) < 4.78 is 38.0. The van der Waals surface area contributed by atoms with Crippen molar-refractivity contribution in [1.82, 2.24) is 9.88 Å². The van der Waals surface area contributed by atoms with Crippen molar-refractivity contribution in [2.24, 2.45) is 0 Å². The van der Waals surface area contributed by atoms with Crippen LogP contribution in [0, 0.1) is 0 Å². The van der Waals surface area contributed by atoms with Gasteiger partial charge in [0.2, 0.25) is 0 Å². The third kappa shape index (κ3) is 3.37. The molecule has 19 heavy (non-hydrogen) atoms. The fourth-order valence-corrected chi connectivity index (χ4v) is 2.38. The monoisotopic (exact) mass is 273 g/mol. The minimum atomic E-state index is -4.31. The summed E-state index contributed by atoms with van der Waals surface area (Å²) in [6, 6.07) is 2.65. The Morgan fingerprint density at radius 3 is 2.42 bits per heavy atom. The maximum absolute atomic E-state index is 12.7. The van der Waals surface area contributed by atoms with Gasteiger partial charge in [0, 0.05) is 25.3 Å². The molecule has 0 aromatic carbocycles. The molecule has 0 radical (unpaired) electrons. The second-order valence-electron chi connectivity index (χ2n) is 5.08. The summed E-state index contributed by atoms with van der Waals surface area (Å²) in [7, 11) is 4.06. The number of pyridine rings is 1. The Hall–Kier alpha value is -1.30. The summed E-state index contributed by atoms with van der Waals surface area (Å²) in [6.07, 6.45) is -1.17. The molecule has 2 rings (SSSR count). The fourth-order valence-electron chi connectivity index (χ4n) is 2.38. The maximum Gasteiger partial charge on any atom is 0.416 e. The highest BCUT2D eigenvalue weighted by atomic mass is 19.4. The first kappa shape index (κ1) is 14.1. The van der Waals surface area contributed by atoms with Gasteiger partial charge in [0.1, 0.15) is 5.82 Å². The third-order valence-electron chi connectivity index (χ3n) is 3.59. The number of hydrogen-bond acceptors (Lipinski definition) is 3. The highest BCUT2D eigenvalue weighted by Gasteiger charge is 2.31. The van der Waals surface area contributed by atoms with Crippen LogP contribution in [-0.4, -0.2) is 43.1 Å². The average molecular weight is 273 g/mol. The lowest BCUT2D eigenvalue weighted by atomic mass is 10.0. The van der Waals surface area contributed by atoms with Gasteiger partial charge in [-0.1, -0.05) is 0 Å². The first-order valence-corrected chi connectivity index (χ1v) is 6.32. The van der Waals surface area contributed by atoms with Gasteiger partial charge >= 0.3 is 6.18 Å². The van der Waals surface area contributed by atoms with Crippen molar-refractivity contribution < 1.29 is 13.2 Å². The Bertz CT molecular complexity index is 423. The molecule has 1 aromatic heterocycles. The Morgan fingerprint density at radius 1 is 1.26 bits per heavy atom. The van der Waals surface area contributed by atoms with Crippen LogP contribution in [0.3, 0.4) is 0 Å². The third-order valence-corrected chi connectivity index (χ3v) is 3.59. The van der Waals surface area contributed by atoms with E-state index in [1.54, 1.807) is 0 Å². The zero-order valence-electron chi connectivity index (χ0n) is 11.1. The molecule has 3 nitrogen and oxygen atoms in total. The van der Waals surface area contributed by atoms with Gasteiger partial charge in [-0.25, -0.2) is 4.98 Å². The van der Waals surface area contributed by atoms with Crippen LogP contribution < -0.4 is 4.90 Å². The van der Waals surface area contributed by atoms with Gasteiger partial charge in [0.25, 0.3) is 0 Å². The summed E-state index contributed by atoms with van der Waals surface area (Å²) in [4.78, 5) is 8.15. The van der Waals surface area contributed by atoms with Crippen molar-refractivity contribution in [2.45, 2.75) is 25.1 Å². The first-order valence-electron chi connectivity index (χ1n) is 6.32. The number of halogens is 3. The van der Waals surface area contributed by atoms with Crippen molar-refractivity contribution in [2.75, 3.05) is 32.1 Å². The summed E-state index contributed by atoms with van der Waals surface area (Å²) >= 11 is 0. The predicted octanol–water partition coefficient (Wildman–Crippen LogP) is 2.63. The summed E-state index contributed by atoms with van der Waals surface area (Å²) in [5, 5.41) is 0. The lowest BCUT2D eigenvalue weighted by molar-refractivity contribution is -0.137. The maximum atomic E-state index is 12.7. The van der Waals surface area contributed by atoms with E-state index in [0.29, 0.717) is 11.9 Å². The Balaban J connectivity index is 2.08. The van der Waals surface area contributed by atoms with E-state index in [2.05, 4.69) is 9.88 Å². The molecule has 6 heteroatoms. The van der Waals surface area contributed by atoms with Crippen LogP contribution in [0.4, 0.5) is 19.0 Å². The molecular weight excluding hydrogens is 255 g/mol. The van der Waals surface area contributed by atoms with Crippen molar-refractivity contribution in [3.8, 4) is 0 Å². The highest BCUT2D eigenvalue weighted by Crippen LogP contribution is 2.31. The Morgan fingerprint density at radius 2 is 1.89 bits per heavy atom. The largest absolute Gasteiger partial charge is 0.416 e. The highest BCUT2D eigenvalue weighted by molar-refractivity contribution is 5.42. The molecule has 0 amide bonds. The molecule has 2 heterocycles. The van der Waals surface area contributed by atoms with Crippen LogP contribution in [0.5, 0.6) is 0 Å². The van der Waals surface area contributed by atoms with E-state index in [1.807, 2.05) is 19.0 Å². The SMILES string of the molecule is CN(C)C1CCN(c2cc(C(F)(F)F)ccn2)CC1. The number of aromatic nitrogens is 1. The van der Waals surface area contributed by atoms with Gasteiger partial charge in [0.15, 0.2) is 0 Å². The van der Waals surface area contributed by atoms with Crippen molar-refractivity contribution in [3.05, 3.63) is 23.9 Å². The molecule has 0 aliphatic carbocycles. The van der Waals surface area contributed by atoms with Crippen LogP contribution >= 0.6 is 0 Å². The zero-order chi connectivity index (χ0) is 14.0. The van der Waals surface area contributed by atoms with Crippen LogP contribution in [0.1, 0.15) is 18.4 Å². The van der Waals surface area contributed by atoms with Gasteiger partial charge < -0.3 is 9.80 Å². The van der Waals surface area contributed by atoms with E-state index in [-0.39, 0.29) is 0 Å². The van der Waals surface area contributed by atoms with Crippen molar-refractivity contribution in [3.63, 3.8) is 0 Å². The second kappa shape index (κ2) is 5.36. The van der Waals surface area contributed by atoms with E-state index in [9.17, 15) is 13.2 Å². The Labute approximate surface area is 111 Å². The van der Waals surface area contributed by atoms with Gasteiger partial charge in [-0.05, 0) is 39.1 Å². The van der Waals surface area contributed by atoms with Gasteiger partial charge in [-0.2, -0.15) is 13.2 Å². The predicted molar refractivity (Wildman–Crippen MR) is 68.2 cm³/mol. The molecule has 0 unspecified atom stereocenters. The molecule has 0 spiro atoms. The molecule has 1 aliphatic heterocycles. The zero-order valence-corrected chi connectivity index (χ0v) is 11.1. The molecule has 0 bridgehead atoms. The molecule has 1 aromatic rings. The standard InChI is InChI=1S/C13H18F3N3/c1-18(2)11-4-7-19(8-5-11)12-9-10(3-6-17-12)13(14,15)16/h3,6,9,11H,4-5,7-8H2,1-2H3. The smallest absolute Gasteiger partial charge is 0.356 e. The number of alkyl halides is 3. The van der Waals surface area contributed by atoms with Gasteiger partial charge in [-0.3, -0.25) is 0 Å². The molecule has 1 fully saturated rings. The second-order valence-corrected chi connectivity index (χ2v) is 5.08. The van der Waals surface area contributed by atoms with Crippen LogP contribution in [0.15, 0.2) is 18.3 Å². The van der Waals surface area contributed by atoms with Crippen molar-refractivity contribution in [1.29, 1.82) is 0 Å². The quantitative estimate of drug-likeness (QED) is 0.825. The number of nitrogens with zero attached hydrogens (tertiary/aromatic N) is 3. The summed E-state index contributed by atoms with van der Waals surface area (Å²) in [5.41, 5.74) is -0.632. The Kier molecular flexibility index (Phi) is 3.99. The lowest BCUT2D eigenvalue weighted by Gasteiger charge is -2.35. The minimum absolute atomic E-state index is 0.423. The van der Waals surface area contributed by atoms with E-state index >= 15 is 0 Å². The van der Waals surface area contributed by atoms with E-state index < -0.39 is 11.7 Å². The normalized spacial score (nSPS) is 18.1. The molecule has 106 valence electrons. The van der Waals surface area contributed by atoms with Crippen LogP contribution in [0.2, 0.25) is 0 Å². The van der Waals surface area contributed by atoms with Gasteiger partial charge in [0.05, 0.1) is 5.56 Å². The molecule has 0 atom stereocenters. The van der Waals surface area contributed by atoms with Crippen LogP contribution in [-0.2, 0) is 6.18 Å². The van der Waals surface area contributed by atoms with Gasteiger partial charge in [-0.15, -0.1) is 0 Å². The molecule has 1 saturated heterocycles. The number of anilines is 1.